The Morgan fingerprint density at radius 2 is 1.90 bits per heavy atom. The summed E-state index contributed by atoms with van der Waals surface area (Å²) in [4.78, 5) is 31.1. The molecule has 0 spiro atoms. The molecule has 3 amide bonds. The van der Waals surface area contributed by atoms with E-state index < -0.39 is 0 Å². The molecule has 0 atom stereocenters. The Kier molecular flexibility index (Phi) is 6.35. The van der Waals surface area contributed by atoms with Crippen LogP contribution < -0.4 is 10.2 Å². The number of carbonyl (C=O) groups excluding carboxylic acids is 2. The fourth-order valence-corrected chi connectivity index (χ4v) is 4.59. The van der Waals surface area contributed by atoms with Gasteiger partial charge >= 0.3 is 6.03 Å². The zero-order chi connectivity index (χ0) is 20.2. The quantitative estimate of drug-likeness (QED) is 0.822. The third kappa shape index (κ3) is 4.73. The highest BCUT2D eigenvalue weighted by atomic mass is 16.5. The number of nitrogens with one attached hydrogen (secondary N) is 1. The fourth-order valence-electron chi connectivity index (χ4n) is 4.59. The van der Waals surface area contributed by atoms with E-state index in [9.17, 15) is 9.59 Å². The van der Waals surface area contributed by atoms with E-state index in [0.717, 1.165) is 75.6 Å². The van der Waals surface area contributed by atoms with Crippen molar-refractivity contribution in [3.8, 4) is 0 Å². The predicted octanol–water partition coefficient (Wildman–Crippen LogP) is 2.10. The zero-order valence-electron chi connectivity index (χ0n) is 17.4. The first-order chi connectivity index (χ1) is 14.1. The van der Waals surface area contributed by atoms with Crippen molar-refractivity contribution in [2.24, 2.45) is 5.92 Å². The molecule has 158 valence electrons. The fraction of sp³-hybridized carbons (Fsp3) is 0.636. The highest BCUT2D eigenvalue weighted by Gasteiger charge is 2.26. The van der Waals surface area contributed by atoms with Gasteiger partial charge in [0.05, 0.1) is 13.2 Å². The van der Waals surface area contributed by atoms with Gasteiger partial charge in [-0.15, -0.1) is 0 Å². The summed E-state index contributed by atoms with van der Waals surface area (Å²) in [5, 5.41) is 2.82. The maximum atomic E-state index is 13.0. The average Bonchev–Trinajstić information content (AvgIpc) is 3.18. The smallest absolute Gasteiger partial charge is 0.322 e. The van der Waals surface area contributed by atoms with Crippen molar-refractivity contribution in [1.29, 1.82) is 0 Å². The molecule has 29 heavy (non-hydrogen) atoms. The molecular formula is C22H32N4O3. The van der Waals surface area contributed by atoms with Crippen LogP contribution in [0.5, 0.6) is 0 Å². The van der Waals surface area contributed by atoms with Crippen LogP contribution in [0.3, 0.4) is 0 Å². The number of hydrogen-bond acceptors (Lipinski definition) is 4. The number of urea groups is 1. The summed E-state index contributed by atoms with van der Waals surface area (Å²) in [6, 6.07) is 5.63. The van der Waals surface area contributed by atoms with Crippen LogP contribution in [0.25, 0.3) is 0 Å². The van der Waals surface area contributed by atoms with Gasteiger partial charge in [0, 0.05) is 50.5 Å². The van der Waals surface area contributed by atoms with Crippen molar-refractivity contribution in [1.82, 2.24) is 15.1 Å². The summed E-state index contributed by atoms with van der Waals surface area (Å²) in [6.07, 6.45) is 3.38. The predicted molar refractivity (Wildman–Crippen MR) is 112 cm³/mol. The van der Waals surface area contributed by atoms with Crippen molar-refractivity contribution in [2.45, 2.75) is 26.2 Å². The van der Waals surface area contributed by atoms with Gasteiger partial charge in [-0.25, -0.2) is 4.79 Å². The van der Waals surface area contributed by atoms with Gasteiger partial charge in [0.15, 0.2) is 0 Å². The molecule has 0 bridgehead atoms. The first kappa shape index (κ1) is 20.2. The molecule has 1 aromatic carbocycles. The molecule has 7 heteroatoms. The van der Waals surface area contributed by atoms with Gasteiger partial charge in [0.1, 0.15) is 0 Å². The van der Waals surface area contributed by atoms with Crippen molar-refractivity contribution in [3.05, 3.63) is 29.3 Å². The summed E-state index contributed by atoms with van der Waals surface area (Å²) in [5.74, 6) is 0.817. The van der Waals surface area contributed by atoms with Crippen LogP contribution in [0.4, 0.5) is 10.5 Å². The number of rotatable bonds is 5. The first-order valence-electron chi connectivity index (χ1n) is 10.9. The topological polar surface area (TPSA) is 65.1 Å². The number of morpholine rings is 1. The third-order valence-electron chi connectivity index (χ3n) is 6.45. The second-order valence-corrected chi connectivity index (χ2v) is 8.36. The Morgan fingerprint density at radius 3 is 2.55 bits per heavy atom. The van der Waals surface area contributed by atoms with Gasteiger partial charge in [-0.2, -0.15) is 0 Å². The number of ether oxygens (including phenoxy) is 1. The molecule has 1 N–H and O–H groups in total. The summed E-state index contributed by atoms with van der Waals surface area (Å²) in [5.41, 5.74) is 2.57. The van der Waals surface area contributed by atoms with E-state index in [1.54, 1.807) is 4.90 Å². The Labute approximate surface area is 173 Å². The van der Waals surface area contributed by atoms with Crippen LogP contribution >= 0.6 is 0 Å². The van der Waals surface area contributed by atoms with Gasteiger partial charge < -0.3 is 15.0 Å². The number of carbonyl (C=O) groups is 2. The minimum atomic E-state index is -0.0636. The number of anilines is 1. The maximum absolute atomic E-state index is 13.0. The number of amides is 3. The van der Waals surface area contributed by atoms with Crippen molar-refractivity contribution in [2.75, 3.05) is 63.9 Å². The molecule has 3 heterocycles. The van der Waals surface area contributed by atoms with Crippen LogP contribution in [-0.2, 0) is 4.74 Å². The third-order valence-corrected chi connectivity index (χ3v) is 6.45. The van der Waals surface area contributed by atoms with E-state index in [1.807, 2.05) is 30.0 Å². The van der Waals surface area contributed by atoms with E-state index >= 15 is 0 Å². The molecule has 0 aliphatic carbocycles. The van der Waals surface area contributed by atoms with Crippen LogP contribution in [0, 0.1) is 12.8 Å². The number of benzene rings is 1. The minimum Gasteiger partial charge on any atom is -0.379 e. The molecule has 3 saturated heterocycles. The Hall–Kier alpha value is -2.12. The van der Waals surface area contributed by atoms with Crippen molar-refractivity contribution < 1.29 is 14.3 Å². The molecule has 3 aliphatic rings. The van der Waals surface area contributed by atoms with E-state index in [2.05, 4.69) is 10.2 Å². The molecular weight excluding hydrogens is 368 g/mol. The first-order valence-corrected chi connectivity index (χ1v) is 10.9. The van der Waals surface area contributed by atoms with Crippen molar-refractivity contribution in [3.63, 3.8) is 0 Å². The lowest BCUT2D eigenvalue weighted by Gasteiger charge is -2.34. The van der Waals surface area contributed by atoms with Crippen LogP contribution in [0.2, 0.25) is 0 Å². The van der Waals surface area contributed by atoms with Crippen LogP contribution in [0.15, 0.2) is 18.2 Å². The maximum Gasteiger partial charge on any atom is 0.322 e. The number of hydrogen-bond donors (Lipinski definition) is 1. The van der Waals surface area contributed by atoms with E-state index in [4.69, 9.17) is 4.74 Å². The SMILES string of the molecule is Cc1cc(C(=O)N2CCC(CCN3CCOCC3)CC2)ccc1N1CCNC1=O. The average molecular weight is 401 g/mol. The molecule has 3 aliphatic heterocycles. The summed E-state index contributed by atoms with van der Waals surface area (Å²) in [6.45, 7) is 9.93. The molecule has 0 unspecified atom stereocenters. The molecule has 0 aromatic heterocycles. The molecule has 3 fully saturated rings. The monoisotopic (exact) mass is 400 g/mol. The normalized spacial score (nSPS) is 21.5. The summed E-state index contributed by atoms with van der Waals surface area (Å²) >= 11 is 0. The van der Waals surface area contributed by atoms with Gasteiger partial charge in [-0.05, 0) is 62.4 Å². The number of likely N-dealkylation sites (tertiary alicyclic amines) is 1. The number of aryl methyl sites for hydroxylation is 1. The van der Waals surface area contributed by atoms with Gasteiger partial charge in [0.25, 0.3) is 5.91 Å². The van der Waals surface area contributed by atoms with Gasteiger partial charge in [0.2, 0.25) is 0 Å². The Balaban J connectivity index is 1.29. The molecule has 4 rings (SSSR count). The minimum absolute atomic E-state index is 0.0636. The molecule has 0 saturated carbocycles. The molecule has 0 radical (unpaired) electrons. The standard InChI is InChI=1S/C22H32N4O3/c1-17-16-19(2-3-20(17)26-11-7-23-22(26)28)21(27)25-9-5-18(6-10-25)4-8-24-12-14-29-15-13-24/h2-3,16,18H,4-15H2,1H3,(H,23,28). The molecule has 7 nitrogen and oxygen atoms in total. The number of nitrogens with zero attached hydrogens (tertiary/aromatic N) is 3. The Morgan fingerprint density at radius 1 is 1.14 bits per heavy atom. The van der Waals surface area contributed by atoms with Crippen molar-refractivity contribution >= 4 is 17.6 Å². The lowest BCUT2D eigenvalue weighted by atomic mass is 9.92. The summed E-state index contributed by atoms with van der Waals surface area (Å²) in [7, 11) is 0. The second-order valence-electron chi connectivity index (χ2n) is 8.36. The lowest BCUT2D eigenvalue weighted by Crippen LogP contribution is -2.40. The summed E-state index contributed by atoms with van der Waals surface area (Å²) < 4.78 is 5.42. The van der Waals surface area contributed by atoms with Gasteiger partial charge in [-0.1, -0.05) is 0 Å². The zero-order valence-corrected chi connectivity index (χ0v) is 17.4. The van der Waals surface area contributed by atoms with Gasteiger partial charge in [-0.3, -0.25) is 14.6 Å². The number of piperidine rings is 1. The van der Waals surface area contributed by atoms with E-state index in [1.165, 1.54) is 6.42 Å². The Bertz CT molecular complexity index is 740. The highest BCUT2D eigenvalue weighted by molar-refractivity contribution is 5.98. The van der Waals surface area contributed by atoms with Crippen LogP contribution in [-0.4, -0.2) is 80.8 Å². The second kappa shape index (κ2) is 9.13. The van der Waals surface area contributed by atoms with E-state index in [-0.39, 0.29) is 11.9 Å². The van der Waals surface area contributed by atoms with Crippen LogP contribution in [0.1, 0.15) is 35.2 Å². The lowest BCUT2D eigenvalue weighted by molar-refractivity contribution is 0.0332. The largest absolute Gasteiger partial charge is 0.379 e. The highest BCUT2D eigenvalue weighted by Crippen LogP contribution is 2.26. The van der Waals surface area contributed by atoms with E-state index in [0.29, 0.717) is 19.0 Å². The molecule has 1 aromatic rings.